The molecule has 3 heterocycles. The lowest BCUT2D eigenvalue weighted by Crippen LogP contribution is -2.35. The normalized spacial score (nSPS) is 12.4. The molecular weight excluding hydrogens is 621 g/mol. The van der Waals surface area contributed by atoms with Crippen molar-refractivity contribution in [1.29, 1.82) is 0 Å². The number of benzene rings is 2. The smallest absolute Gasteiger partial charge is 0.417 e. The van der Waals surface area contributed by atoms with Crippen LogP contribution in [0.25, 0.3) is 27.7 Å². The molecule has 47 heavy (non-hydrogen) atoms. The molecule has 2 N–H and O–H groups in total. The Bertz CT molecular complexity index is 2050. The lowest BCUT2D eigenvalue weighted by molar-refractivity contribution is -0.137. The zero-order chi connectivity index (χ0) is 34.4. The van der Waals surface area contributed by atoms with Crippen LogP contribution in [0.3, 0.4) is 0 Å². The Morgan fingerprint density at radius 1 is 1.02 bits per heavy atom. The molecule has 0 unspecified atom stereocenters. The van der Waals surface area contributed by atoms with Gasteiger partial charge in [-0.2, -0.15) is 13.2 Å². The van der Waals surface area contributed by atoms with Gasteiger partial charge in [-0.25, -0.2) is 13.8 Å². The van der Waals surface area contributed by atoms with E-state index in [1.807, 2.05) is 20.8 Å². The summed E-state index contributed by atoms with van der Waals surface area (Å²) in [4.78, 5) is 30.2. The summed E-state index contributed by atoms with van der Waals surface area (Å²) >= 11 is 0. The monoisotopic (exact) mass is 653 g/mol. The molecule has 5 rings (SSSR count). The number of fused-ring (bicyclic) bond motifs is 2. The molecule has 0 atom stereocenters. The first-order valence-electron chi connectivity index (χ1n) is 14.5. The highest BCUT2D eigenvalue weighted by Gasteiger charge is 2.38. The van der Waals surface area contributed by atoms with Crippen LogP contribution in [0.4, 0.5) is 27.6 Å². The number of pyridine rings is 1. The van der Waals surface area contributed by atoms with Crippen molar-refractivity contribution in [2.75, 3.05) is 19.0 Å². The first-order valence-corrected chi connectivity index (χ1v) is 14.5. The van der Waals surface area contributed by atoms with E-state index in [0.717, 1.165) is 24.3 Å². The second-order valence-electron chi connectivity index (χ2n) is 12.0. The van der Waals surface area contributed by atoms with Crippen LogP contribution in [0.2, 0.25) is 0 Å². The molecule has 246 valence electrons. The molecule has 0 aliphatic rings. The summed E-state index contributed by atoms with van der Waals surface area (Å²) in [7, 11) is 2.86. The number of aryl methyl sites for hydroxylation is 2. The fraction of sp³-hybridized carbons (Fsp3) is 0.265. The summed E-state index contributed by atoms with van der Waals surface area (Å²) in [6.45, 7) is 7.83. The minimum atomic E-state index is -4.78. The van der Waals surface area contributed by atoms with E-state index in [9.17, 15) is 22.8 Å². The van der Waals surface area contributed by atoms with Gasteiger partial charge in [0.25, 0.3) is 0 Å². The highest BCUT2D eigenvalue weighted by molar-refractivity contribution is 6.10. The minimum absolute atomic E-state index is 0.0611. The second-order valence-corrected chi connectivity index (χ2v) is 12.0. The van der Waals surface area contributed by atoms with Gasteiger partial charge in [-0.3, -0.25) is 9.59 Å². The fourth-order valence-corrected chi connectivity index (χ4v) is 5.30. The number of carbonyl (C=O) groups excluding carboxylic acids is 2. The maximum absolute atomic E-state index is 15.0. The van der Waals surface area contributed by atoms with E-state index in [0.29, 0.717) is 12.4 Å². The second kappa shape index (κ2) is 12.3. The van der Waals surface area contributed by atoms with Crippen LogP contribution in [0.1, 0.15) is 48.2 Å². The SMILES string of the molecule is COc1c(-c2cccn3c(C(=O)c4cc(F)c(NC(=O)/C=C/CNC(C)(C)C)c(F)c4)ccc23)c(C(F)(F)F)cc2c1nc(C)n2C. The molecule has 3 aromatic heterocycles. The molecule has 0 aliphatic carbocycles. The number of nitrogens with zero attached hydrogens (tertiary/aromatic N) is 3. The Labute approximate surface area is 266 Å². The number of amides is 1. The first-order chi connectivity index (χ1) is 22.0. The van der Waals surface area contributed by atoms with Gasteiger partial charge >= 0.3 is 6.18 Å². The third kappa shape index (κ3) is 6.48. The van der Waals surface area contributed by atoms with E-state index in [-0.39, 0.29) is 50.2 Å². The Morgan fingerprint density at radius 3 is 2.32 bits per heavy atom. The number of ketones is 1. The lowest BCUT2D eigenvalue weighted by Gasteiger charge is -2.18. The molecule has 0 fully saturated rings. The minimum Gasteiger partial charge on any atom is -0.494 e. The molecule has 8 nitrogen and oxygen atoms in total. The molecule has 0 saturated carbocycles. The third-order valence-corrected chi connectivity index (χ3v) is 7.63. The summed E-state index contributed by atoms with van der Waals surface area (Å²) < 4.78 is 82.1. The topological polar surface area (TPSA) is 89.7 Å². The molecule has 0 bridgehead atoms. The number of rotatable bonds is 8. The number of hydrogen-bond donors (Lipinski definition) is 2. The number of aromatic nitrogens is 3. The Hall–Kier alpha value is -5.04. The number of hydrogen-bond acceptors (Lipinski definition) is 5. The predicted molar refractivity (Wildman–Crippen MR) is 169 cm³/mol. The van der Waals surface area contributed by atoms with Crippen LogP contribution in [0.15, 0.2) is 60.8 Å². The molecule has 13 heteroatoms. The van der Waals surface area contributed by atoms with E-state index >= 15 is 8.78 Å². The highest BCUT2D eigenvalue weighted by atomic mass is 19.4. The van der Waals surface area contributed by atoms with Crippen molar-refractivity contribution in [2.45, 2.75) is 39.4 Å². The van der Waals surface area contributed by atoms with Crippen LogP contribution < -0.4 is 15.4 Å². The van der Waals surface area contributed by atoms with Gasteiger partial charge in [0.15, 0.2) is 5.75 Å². The molecule has 0 radical (unpaired) electrons. The van der Waals surface area contributed by atoms with Gasteiger partial charge in [0.1, 0.15) is 28.7 Å². The van der Waals surface area contributed by atoms with E-state index in [1.165, 1.54) is 52.6 Å². The Morgan fingerprint density at radius 2 is 1.70 bits per heavy atom. The molecule has 1 amide bonds. The Balaban J connectivity index is 1.53. The van der Waals surface area contributed by atoms with Crippen molar-refractivity contribution in [1.82, 2.24) is 19.3 Å². The van der Waals surface area contributed by atoms with Crippen LogP contribution in [0, 0.1) is 18.6 Å². The van der Waals surface area contributed by atoms with Crippen LogP contribution >= 0.6 is 0 Å². The number of anilines is 1. The standard InChI is InChI=1S/C34H32F5N5O3/c1-18-41-30-26(43(18)5)17-21(34(37,38)39)28(32(30)47-6)20-9-8-14-44-24(20)11-12-25(44)31(46)19-15-22(35)29(23(36)16-19)42-27(45)10-7-13-40-33(2,3)4/h7-12,14-17,40H,13H2,1-6H3,(H,42,45)/b10-7+. The molecule has 0 saturated heterocycles. The number of methoxy groups -OCH3 is 1. The molecule has 0 aliphatic heterocycles. The third-order valence-electron chi connectivity index (χ3n) is 7.63. The zero-order valence-corrected chi connectivity index (χ0v) is 26.4. The quantitative estimate of drug-likeness (QED) is 0.105. The molecule has 0 spiro atoms. The van der Waals surface area contributed by atoms with Gasteiger partial charge in [-0.05, 0) is 64.1 Å². The van der Waals surface area contributed by atoms with Crippen LogP contribution in [0.5, 0.6) is 5.75 Å². The summed E-state index contributed by atoms with van der Waals surface area (Å²) in [5.74, 6) is -3.54. The predicted octanol–water partition coefficient (Wildman–Crippen LogP) is 7.22. The summed E-state index contributed by atoms with van der Waals surface area (Å²) in [5.41, 5.74) is -1.81. The van der Waals surface area contributed by atoms with E-state index < -0.39 is 40.8 Å². The lowest BCUT2D eigenvalue weighted by atomic mass is 9.96. The highest BCUT2D eigenvalue weighted by Crippen LogP contribution is 2.47. The number of imidazole rings is 1. The average molecular weight is 654 g/mol. The maximum atomic E-state index is 15.0. The fourth-order valence-electron chi connectivity index (χ4n) is 5.30. The van der Waals surface area contributed by atoms with Crippen molar-refractivity contribution in [2.24, 2.45) is 7.05 Å². The first kappa shape index (κ1) is 33.3. The van der Waals surface area contributed by atoms with Crippen LogP contribution in [-0.4, -0.2) is 44.8 Å². The summed E-state index contributed by atoms with van der Waals surface area (Å²) in [6.07, 6.45) is -0.689. The average Bonchev–Trinajstić information content (AvgIpc) is 3.55. The number of ether oxygens (including phenoxy) is 1. The Kier molecular flexibility index (Phi) is 8.71. The van der Waals surface area contributed by atoms with E-state index in [4.69, 9.17) is 4.74 Å². The van der Waals surface area contributed by atoms with Crippen molar-refractivity contribution in [3.63, 3.8) is 0 Å². The van der Waals surface area contributed by atoms with E-state index in [1.54, 1.807) is 14.0 Å². The van der Waals surface area contributed by atoms with Gasteiger partial charge < -0.3 is 24.3 Å². The molecule has 2 aromatic carbocycles. The zero-order valence-electron chi connectivity index (χ0n) is 26.4. The summed E-state index contributed by atoms with van der Waals surface area (Å²) in [6, 6.07) is 8.30. The van der Waals surface area contributed by atoms with Crippen molar-refractivity contribution in [3.05, 3.63) is 95.1 Å². The van der Waals surface area contributed by atoms with Crippen molar-refractivity contribution < 1.29 is 36.3 Å². The van der Waals surface area contributed by atoms with Gasteiger partial charge in [0.2, 0.25) is 11.7 Å². The van der Waals surface area contributed by atoms with Crippen molar-refractivity contribution >= 4 is 33.9 Å². The number of carbonyl (C=O) groups is 2. The van der Waals surface area contributed by atoms with Gasteiger partial charge in [-0.1, -0.05) is 12.1 Å². The summed E-state index contributed by atoms with van der Waals surface area (Å²) in [5, 5.41) is 5.28. The molecular formula is C34H32F5N5O3. The maximum Gasteiger partial charge on any atom is 0.417 e. The largest absolute Gasteiger partial charge is 0.494 e. The number of nitrogens with one attached hydrogen (secondary N) is 2. The number of alkyl halides is 3. The number of halogens is 5. The molecule has 5 aromatic rings. The van der Waals surface area contributed by atoms with Gasteiger partial charge in [-0.15, -0.1) is 0 Å². The van der Waals surface area contributed by atoms with Crippen LogP contribution in [-0.2, 0) is 18.0 Å². The van der Waals surface area contributed by atoms with E-state index in [2.05, 4.69) is 15.6 Å². The van der Waals surface area contributed by atoms with Gasteiger partial charge in [0.05, 0.1) is 29.4 Å². The van der Waals surface area contributed by atoms with Crippen molar-refractivity contribution in [3.8, 4) is 16.9 Å². The van der Waals surface area contributed by atoms with Gasteiger partial charge in [0, 0.05) is 48.1 Å².